The Morgan fingerprint density at radius 1 is 2.25 bits per heavy atom. The van der Waals surface area contributed by atoms with Gasteiger partial charge in [-0.1, -0.05) is 11.2 Å². The van der Waals surface area contributed by atoms with E-state index in [1.807, 2.05) is 0 Å². The summed E-state index contributed by atoms with van der Waals surface area (Å²) in [4.78, 5) is 0. The Morgan fingerprint density at radius 2 is 3.00 bits per heavy atom. The average Bonchev–Trinajstić information content (AvgIpc) is 1.62. The second-order valence-corrected chi connectivity index (χ2v) is 1.04. The summed E-state index contributed by atoms with van der Waals surface area (Å²) in [7, 11) is 0. The highest BCUT2D eigenvalue weighted by Gasteiger charge is 1.66. The number of rotatable bonds is 0. The van der Waals surface area contributed by atoms with Crippen molar-refractivity contribution in [2.75, 3.05) is 12.4 Å². The molecule has 1 nitrogen and oxygen atoms in total. The van der Waals surface area contributed by atoms with E-state index in [9.17, 15) is 4.55 Å². The number of hydrogen-bond donors (Lipinski definition) is 0. The van der Waals surface area contributed by atoms with E-state index in [0.717, 1.165) is 0 Å². The van der Waals surface area contributed by atoms with Crippen LogP contribution in [0.1, 0.15) is 5.48 Å². The van der Waals surface area contributed by atoms with Gasteiger partial charge in [0.1, 0.15) is 0 Å². The van der Waals surface area contributed by atoms with Gasteiger partial charge in [0.2, 0.25) is 0 Å². The molecule has 0 heterocycles. The van der Waals surface area contributed by atoms with Crippen LogP contribution in [0.5, 0.6) is 0 Å². The van der Waals surface area contributed by atoms with E-state index in [-0.39, 0.29) is 0 Å². The molecule has 2 heteroatoms. The topological polar surface area (TPSA) is 23.1 Å². The molecule has 4 heavy (non-hydrogen) atoms. The maximum Gasteiger partial charge on any atom is 0.0946 e. The molecule has 0 rings (SSSR count). The van der Waals surface area contributed by atoms with Crippen molar-refractivity contribution in [2.24, 2.45) is 0 Å². The second-order valence-electron chi connectivity index (χ2n) is 0.346. The smallest absolute Gasteiger partial charge is 0.0946 e. The van der Waals surface area contributed by atoms with E-state index in [0.29, 0.717) is 0 Å². The molecule has 0 radical (unpaired) electrons. The molecule has 0 N–H and O–H groups in total. The zero-order valence-electron chi connectivity index (χ0n) is 6.02. The molecule has 0 fully saturated rings. The summed E-state index contributed by atoms with van der Waals surface area (Å²) in [6.45, 7) is 0. The fraction of sp³-hybridized carbons (Fsp3) is 1.00. The van der Waals surface area contributed by atoms with Gasteiger partial charge in [-0.3, -0.25) is 0 Å². The van der Waals surface area contributed by atoms with Gasteiger partial charge in [-0.15, -0.1) is 0 Å². The molecule has 26 valence electrons. The van der Waals surface area contributed by atoms with Crippen molar-refractivity contribution in [1.29, 1.82) is 0 Å². The van der Waals surface area contributed by atoms with E-state index < -0.39 is 23.6 Å². The highest BCUT2D eigenvalue weighted by atomic mass is 32.2. The largest absolute Gasteiger partial charge is 0.617 e. The van der Waals surface area contributed by atoms with Gasteiger partial charge in [0, 0.05) is 0 Å². The van der Waals surface area contributed by atoms with Crippen LogP contribution in [0.3, 0.4) is 0 Å². The quantitative estimate of drug-likeness (QED) is 0.377. The Bertz CT molecular complexity index is 70.9. The molecule has 0 aliphatic heterocycles. The lowest BCUT2D eigenvalue weighted by Gasteiger charge is -1.87. The van der Waals surface area contributed by atoms with Crippen molar-refractivity contribution in [2.45, 2.75) is 0 Å². The Balaban J connectivity index is 3.62. The van der Waals surface area contributed by atoms with Gasteiger partial charge >= 0.3 is 0 Å². The first-order valence-corrected chi connectivity index (χ1v) is 1.98. The van der Waals surface area contributed by atoms with Crippen molar-refractivity contribution < 1.29 is 10.0 Å². The van der Waals surface area contributed by atoms with Gasteiger partial charge in [-0.2, -0.15) is 0 Å². The lowest BCUT2D eigenvalue weighted by Crippen LogP contribution is -1.86. The molecule has 1 unspecified atom stereocenters. The van der Waals surface area contributed by atoms with Crippen molar-refractivity contribution >= 4 is 11.2 Å². The minimum Gasteiger partial charge on any atom is -0.617 e. The van der Waals surface area contributed by atoms with Crippen LogP contribution in [-0.2, 0) is 11.2 Å². The molecule has 0 aliphatic rings. The standard InChI is InChI=1S/C2H6OS/c1-4(2)3/h1-2H3/i1D,2D3. The first-order chi connectivity index (χ1) is 3.48. The van der Waals surface area contributed by atoms with Crippen LogP contribution in [0.25, 0.3) is 0 Å². The Morgan fingerprint density at radius 3 is 3.00 bits per heavy atom. The average molecular weight is 82.2 g/mol. The zero-order chi connectivity index (χ0) is 6.78. The number of hydrogen-bond acceptors (Lipinski definition) is 1. The molecular weight excluding hydrogens is 72.1 g/mol. The Labute approximate surface area is 34.8 Å². The van der Waals surface area contributed by atoms with Crippen LogP contribution >= 0.6 is 0 Å². The first-order valence-electron chi connectivity index (χ1n) is 2.87. The molecule has 1 atom stereocenters. The summed E-state index contributed by atoms with van der Waals surface area (Å²) in [6, 6.07) is 0. The van der Waals surface area contributed by atoms with E-state index in [1.54, 1.807) is 0 Å². The van der Waals surface area contributed by atoms with Gasteiger partial charge in [0.15, 0.2) is 0 Å². The monoisotopic (exact) mass is 82.0 g/mol. The van der Waals surface area contributed by atoms with E-state index in [4.69, 9.17) is 5.48 Å². The van der Waals surface area contributed by atoms with Gasteiger partial charge in [-0.25, -0.2) is 0 Å². The van der Waals surface area contributed by atoms with Crippen LogP contribution in [-0.4, -0.2) is 17.0 Å². The molecular formula is C2H6OS. The van der Waals surface area contributed by atoms with Crippen LogP contribution in [0.2, 0.25) is 0 Å². The summed E-state index contributed by atoms with van der Waals surface area (Å²) >= 11 is -1.98. The van der Waals surface area contributed by atoms with E-state index in [1.165, 1.54) is 0 Å². The third-order valence-electron chi connectivity index (χ3n) is 0. The van der Waals surface area contributed by atoms with Crippen molar-refractivity contribution in [1.82, 2.24) is 0 Å². The Kier molecular flexibility index (Phi) is 0.356. The van der Waals surface area contributed by atoms with Crippen LogP contribution in [0.15, 0.2) is 0 Å². The van der Waals surface area contributed by atoms with Gasteiger partial charge < -0.3 is 4.55 Å². The molecule has 0 aromatic carbocycles. The molecule has 0 saturated heterocycles. The SMILES string of the molecule is [2H]C[S+]([O-])C([2H])([2H])[2H]. The van der Waals surface area contributed by atoms with Gasteiger partial charge in [-0.05, 0) is 0 Å². The minimum atomic E-state index is -2.46. The third kappa shape index (κ3) is 41.3. The second kappa shape index (κ2) is 1.61. The highest BCUT2D eigenvalue weighted by Crippen LogP contribution is 1.61. The third-order valence-corrected chi connectivity index (χ3v) is 0. The predicted octanol–water partition coefficient (Wildman–Crippen LogP) is -0.00530. The Hall–Kier alpha value is 0.310. The van der Waals surface area contributed by atoms with Gasteiger partial charge in [0.05, 0.1) is 17.9 Å². The van der Waals surface area contributed by atoms with Crippen molar-refractivity contribution in [3.63, 3.8) is 0 Å². The molecule has 0 saturated carbocycles. The van der Waals surface area contributed by atoms with Gasteiger partial charge in [0.25, 0.3) is 0 Å². The summed E-state index contributed by atoms with van der Waals surface area (Å²) in [5, 5.41) is 0. The van der Waals surface area contributed by atoms with E-state index >= 15 is 0 Å². The zero-order valence-corrected chi connectivity index (χ0v) is 2.84. The molecule has 0 aliphatic carbocycles. The fourth-order valence-electron chi connectivity index (χ4n) is 0. The summed E-state index contributed by atoms with van der Waals surface area (Å²) in [5.41, 5.74) is 0. The predicted molar refractivity (Wildman–Crippen MR) is 20.0 cm³/mol. The molecule has 0 spiro atoms. The molecule has 0 amide bonds. The van der Waals surface area contributed by atoms with Crippen LogP contribution in [0, 0.1) is 0 Å². The molecule has 0 aromatic heterocycles. The fourth-order valence-corrected chi connectivity index (χ4v) is 0. The maximum absolute atomic E-state index is 10.2. The summed E-state index contributed by atoms with van der Waals surface area (Å²) < 4.78 is 36.0. The normalized spacial score (nSPS) is 33.2. The van der Waals surface area contributed by atoms with Crippen LogP contribution in [0.4, 0.5) is 0 Å². The maximum atomic E-state index is 10.2. The summed E-state index contributed by atoms with van der Waals surface area (Å²) in [6.07, 6.45) is -3.00. The molecule has 0 aromatic rings. The van der Waals surface area contributed by atoms with E-state index in [2.05, 4.69) is 0 Å². The first kappa shape index (κ1) is 0.884. The van der Waals surface area contributed by atoms with Crippen molar-refractivity contribution in [3.05, 3.63) is 0 Å². The lowest BCUT2D eigenvalue weighted by molar-refractivity contribution is 0.606. The van der Waals surface area contributed by atoms with Crippen LogP contribution < -0.4 is 0 Å². The molecule has 0 bridgehead atoms. The van der Waals surface area contributed by atoms with Crippen molar-refractivity contribution in [3.8, 4) is 0 Å². The highest BCUT2D eigenvalue weighted by molar-refractivity contribution is 7.89. The summed E-state index contributed by atoms with van der Waals surface area (Å²) in [5.74, 6) is 0. The minimum absolute atomic E-state index is 0.545. The lowest BCUT2D eigenvalue weighted by atomic mass is 11.9.